The van der Waals surface area contributed by atoms with E-state index in [1.165, 1.54) is 6.42 Å². The molecule has 0 bridgehead atoms. The highest BCUT2D eigenvalue weighted by Crippen LogP contribution is 2.19. The minimum absolute atomic E-state index is 0.106. The molecule has 0 atom stereocenters. The van der Waals surface area contributed by atoms with Crippen LogP contribution < -0.4 is 20.7 Å². The van der Waals surface area contributed by atoms with Gasteiger partial charge in [-0.15, -0.1) is 0 Å². The van der Waals surface area contributed by atoms with Crippen LogP contribution in [0.4, 0.5) is 5.69 Å². The van der Waals surface area contributed by atoms with Gasteiger partial charge in [-0.05, 0) is 49.8 Å². The second-order valence-corrected chi connectivity index (χ2v) is 7.13. The van der Waals surface area contributed by atoms with Crippen LogP contribution >= 0.6 is 12.2 Å². The average molecular weight is 428 g/mol. The SMILES string of the molecule is CCCCCCOc1ccccc1C(=O)NC(=S)Nc1ccccc1C(=O)NCC. The van der Waals surface area contributed by atoms with Gasteiger partial charge in [-0.25, -0.2) is 0 Å². The second kappa shape index (κ2) is 12.6. The van der Waals surface area contributed by atoms with Gasteiger partial charge < -0.3 is 15.4 Å². The number of anilines is 1. The van der Waals surface area contributed by atoms with Crippen molar-refractivity contribution in [1.29, 1.82) is 0 Å². The van der Waals surface area contributed by atoms with E-state index in [2.05, 4.69) is 22.9 Å². The number of para-hydroxylation sites is 2. The van der Waals surface area contributed by atoms with Crippen LogP contribution in [0.3, 0.4) is 0 Å². The van der Waals surface area contributed by atoms with Crippen molar-refractivity contribution in [2.75, 3.05) is 18.5 Å². The third-order valence-corrected chi connectivity index (χ3v) is 4.58. The fourth-order valence-corrected chi connectivity index (χ4v) is 3.06. The molecule has 0 saturated carbocycles. The summed E-state index contributed by atoms with van der Waals surface area (Å²) in [6, 6.07) is 14.1. The number of carbonyl (C=O) groups is 2. The number of unbranched alkanes of at least 4 members (excludes halogenated alkanes) is 3. The lowest BCUT2D eigenvalue weighted by Crippen LogP contribution is -2.35. The minimum Gasteiger partial charge on any atom is -0.493 e. The van der Waals surface area contributed by atoms with Gasteiger partial charge in [0.25, 0.3) is 11.8 Å². The van der Waals surface area contributed by atoms with Gasteiger partial charge in [-0.3, -0.25) is 14.9 Å². The van der Waals surface area contributed by atoms with Gasteiger partial charge in [0.15, 0.2) is 5.11 Å². The maximum Gasteiger partial charge on any atom is 0.261 e. The summed E-state index contributed by atoms with van der Waals surface area (Å²) in [6.07, 6.45) is 4.38. The van der Waals surface area contributed by atoms with Gasteiger partial charge in [-0.1, -0.05) is 50.5 Å². The van der Waals surface area contributed by atoms with Crippen molar-refractivity contribution in [3.63, 3.8) is 0 Å². The Balaban J connectivity index is 2.00. The van der Waals surface area contributed by atoms with Gasteiger partial charge in [0.05, 0.1) is 23.4 Å². The Labute approximate surface area is 183 Å². The molecule has 0 spiro atoms. The maximum absolute atomic E-state index is 12.7. The molecule has 7 heteroatoms. The fraction of sp³-hybridized carbons (Fsp3) is 0.348. The first-order chi connectivity index (χ1) is 14.6. The molecule has 2 aromatic carbocycles. The van der Waals surface area contributed by atoms with E-state index in [9.17, 15) is 9.59 Å². The molecule has 2 rings (SSSR count). The maximum atomic E-state index is 12.7. The largest absolute Gasteiger partial charge is 0.493 e. The lowest BCUT2D eigenvalue weighted by molar-refractivity contribution is 0.0954. The van der Waals surface area contributed by atoms with E-state index in [4.69, 9.17) is 17.0 Å². The van der Waals surface area contributed by atoms with Crippen LogP contribution in [-0.4, -0.2) is 30.1 Å². The molecule has 0 saturated heterocycles. The quantitative estimate of drug-likeness (QED) is 0.384. The van der Waals surface area contributed by atoms with Crippen LogP contribution in [0.15, 0.2) is 48.5 Å². The number of amides is 2. The van der Waals surface area contributed by atoms with Crippen LogP contribution in [0, 0.1) is 0 Å². The van der Waals surface area contributed by atoms with Gasteiger partial charge in [0.2, 0.25) is 0 Å². The molecule has 0 unspecified atom stereocenters. The van der Waals surface area contributed by atoms with E-state index < -0.39 is 0 Å². The second-order valence-electron chi connectivity index (χ2n) is 6.72. The summed E-state index contributed by atoms with van der Waals surface area (Å²) in [7, 11) is 0. The summed E-state index contributed by atoms with van der Waals surface area (Å²) in [5.41, 5.74) is 1.38. The predicted octanol–water partition coefficient (Wildman–Crippen LogP) is 4.52. The number of thiocarbonyl (C=S) groups is 1. The summed E-state index contributed by atoms with van der Waals surface area (Å²) < 4.78 is 5.80. The van der Waals surface area contributed by atoms with Crippen molar-refractivity contribution in [3.05, 3.63) is 59.7 Å². The molecule has 0 fully saturated rings. The Morgan fingerprint density at radius 1 is 0.900 bits per heavy atom. The van der Waals surface area contributed by atoms with E-state index in [0.717, 1.165) is 19.3 Å². The zero-order valence-corrected chi connectivity index (χ0v) is 18.3. The van der Waals surface area contributed by atoms with Gasteiger partial charge in [0, 0.05) is 6.54 Å². The normalized spacial score (nSPS) is 10.2. The minimum atomic E-state index is -0.368. The molecular formula is C23H29N3O3S. The molecule has 0 aromatic heterocycles. The first-order valence-electron chi connectivity index (χ1n) is 10.3. The number of nitrogens with one attached hydrogen (secondary N) is 3. The van der Waals surface area contributed by atoms with Crippen LogP contribution in [0.5, 0.6) is 5.75 Å². The van der Waals surface area contributed by atoms with E-state index >= 15 is 0 Å². The molecular weight excluding hydrogens is 398 g/mol. The molecule has 3 N–H and O–H groups in total. The number of carbonyl (C=O) groups excluding carboxylic acids is 2. The standard InChI is InChI=1S/C23H29N3O3S/c1-3-5-6-11-16-29-20-15-10-8-13-18(20)22(28)26-23(30)25-19-14-9-7-12-17(19)21(27)24-4-2/h7-10,12-15H,3-6,11,16H2,1-2H3,(H,24,27)(H2,25,26,28,30). The van der Waals surface area contributed by atoms with E-state index in [1.807, 2.05) is 13.0 Å². The third kappa shape index (κ3) is 7.15. The highest BCUT2D eigenvalue weighted by Gasteiger charge is 2.15. The van der Waals surface area contributed by atoms with Gasteiger partial charge >= 0.3 is 0 Å². The molecule has 0 heterocycles. The average Bonchev–Trinajstić information content (AvgIpc) is 2.74. The number of hydrogen-bond acceptors (Lipinski definition) is 4. The lowest BCUT2D eigenvalue weighted by atomic mass is 10.1. The molecule has 2 aromatic rings. The van der Waals surface area contributed by atoms with Crippen molar-refractivity contribution in [1.82, 2.24) is 10.6 Å². The third-order valence-electron chi connectivity index (χ3n) is 4.37. The summed E-state index contributed by atoms with van der Waals surface area (Å²) in [4.78, 5) is 24.9. The zero-order valence-electron chi connectivity index (χ0n) is 17.5. The predicted molar refractivity (Wildman–Crippen MR) is 124 cm³/mol. The van der Waals surface area contributed by atoms with E-state index in [1.54, 1.807) is 42.5 Å². The molecule has 160 valence electrons. The van der Waals surface area contributed by atoms with Crippen molar-refractivity contribution >= 4 is 34.8 Å². The lowest BCUT2D eigenvalue weighted by Gasteiger charge is -2.15. The van der Waals surface area contributed by atoms with Crippen LogP contribution in [0.1, 0.15) is 60.2 Å². The van der Waals surface area contributed by atoms with Crippen molar-refractivity contribution < 1.29 is 14.3 Å². The van der Waals surface area contributed by atoms with Gasteiger partial charge in [0.1, 0.15) is 5.75 Å². The molecule has 6 nitrogen and oxygen atoms in total. The first kappa shape index (κ1) is 23.3. The highest BCUT2D eigenvalue weighted by atomic mass is 32.1. The van der Waals surface area contributed by atoms with Crippen molar-refractivity contribution in [2.24, 2.45) is 0 Å². The first-order valence-corrected chi connectivity index (χ1v) is 10.7. The fourth-order valence-electron chi connectivity index (χ4n) is 2.86. The molecule has 30 heavy (non-hydrogen) atoms. The molecule has 0 aliphatic carbocycles. The monoisotopic (exact) mass is 427 g/mol. The van der Waals surface area contributed by atoms with Crippen LogP contribution in [0.25, 0.3) is 0 Å². The molecule has 2 amide bonds. The van der Waals surface area contributed by atoms with Crippen LogP contribution in [-0.2, 0) is 0 Å². The Morgan fingerprint density at radius 3 is 2.33 bits per heavy atom. The molecule has 0 radical (unpaired) electrons. The van der Waals surface area contributed by atoms with Crippen molar-refractivity contribution in [2.45, 2.75) is 39.5 Å². The van der Waals surface area contributed by atoms with Crippen molar-refractivity contribution in [3.8, 4) is 5.75 Å². The Kier molecular flexibility index (Phi) is 9.80. The Morgan fingerprint density at radius 2 is 1.60 bits per heavy atom. The summed E-state index contributed by atoms with van der Waals surface area (Å²) in [5.74, 6) is -0.0549. The number of hydrogen-bond donors (Lipinski definition) is 3. The summed E-state index contributed by atoms with van der Waals surface area (Å²) in [6.45, 7) is 5.09. The summed E-state index contributed by atoms with van der Waals surface area (Å²) in [5, 5.41) is 8.46. The topological polar surface area (TPSA) is 79.5 Å². The Bertz CT molecular complexity index is 870. The van der Waals surface area contributed by atoms with E-state index in [-0.39, 0.29) is 16.9 Å². The highest BCUT2D eigenvalue weighted by molar-refractivity contribution is 7.80. The number of benzene rings is 2. The van der Waals surface area contributed by atoms with E-state index in [0.29, 0.717) is 35.7 Å². The number of rotatable bonds is 10. The number of ether oxygens (including phenoxy) is 1. The smallest absolute Gasteiger partial charge is 0.261 e. The Hall–Kier alpha value is -2.93. The summed E-state index contributed by atoms with van der Waals surface area (Å²) >= 11 is 5.29. The molecule has 0 aliphatic rings. The van der Waals surface area contributed by atoms with Gasteiger partial charge in [-0.2, -0.15) is 0 Å². The molecule has 0 aliphatic heterocycles. The van der Waals surface area contributed by atoms with Crippen LogP contribution in [0.2, 0.25) is 0 Å². The zero-order chi connectivity index (χ0) is 21.8.